The zero-order chi connectivity index (χ0) is 28.4. The predicted octanol–water partition coefficient (Wildman–Crippen LogP) is 1.34. The molecule has 0 aliphatic heterocycles. The van der Waals surface area contributed by atoms with E-state index in [-0.39, 0.29) is 33.9 Å². The summed E-state index contributed by atoms with van der Waals surface area (Å²) >= 11 is 0. The number of carbonyl (C=O) groups is 4. The van der Waals surface area contributed by atoms with Gasteiger partial charge in [-0.25, -0.2) is 0 Å². The SMILES string of the molecule is CC(C)O.CC(C)O.CCC(C(=O)CC(=O)[O-])C(F)(F)F.CCC(C(=O)CC(=O)[O-])C(F)(F)F.[Ti]. The van der Waals surface area contributed by atoms with Crippen molar-refractivity contribution in [1.82, 2.24) is 0 Å². The van der Waals surface area contributed by atoms with Crippen LogP contribution in [0.3, 0.4) is 0 Å². The number of alkyl halides is 6. The maximum absolute atomic E-state index is 12.0. The van der Waals surface area contributed by atoms with E-state index < -0.39 is 73.4 Å². The predicted molar refractivity (Wildman–Crippen MR) is 104 cm³/mol. The molecule has 2 unspecified atom stereocenters. The maximum atomic E-state index is 12.0. The maximum Gasteiger partial charge on any atom is 0.398 e. The van der Waals surface area contributed by atoms with Gasteiger partial charge in [-0.2, -0.15) is 26.3 Å². The standard InChI is InChI=1S/2C7H9F3O3.2C3H8O.Ti/c2*1-2-4(7(8,9)10)5(11)3-6(12)13;2*1-3(2)4;/h2*4H,2-3H2,1H3,(H,12,13);2*3-4H,1-2H3;/p-2. The van der Waals surface area contributed by atoms with Crippen molar-refractivity contribution in [2.24, 2.45) is 11.8 Å². The molecule has 35 heavy (non-hydrogen) atoms. The Labute approximate surface area is 215 Å². The van der Waals surface area contributed by atoms with Gasteiger partial charge in [0.1, 0.15) is 11.8 Å². The molecule has 0 fully saturated rings. The molecule has 208 valence electrons. The van der Waals surface area contributed by atoms with E-state index in [1.807, 2.05) is 0 Å². The van der Waals surface area contributed by atoms with E-state index in [0.717, 1.165) is 0 Å². The first-order valence-electron chi connectivity index (χ1n) is 9.98. The van der Waals surface area contributed by atoms with Crippen LogP contribution < -0.4 is 10.2 Å². The van der Waals surface area contributed by atoms with E-state index in [2.05, 4.69) is 0 Å². The summed E-state index contributed by atoms with van der Waals surface area (Å²) in [5.41, 5.74) is 0. The first-order chi connectivity index (χ1) is 15.0. The van der Waals surface area contributed by atoms with Gasteiger partial charge in [-0.3, -0.25) is 9.59 Å². The van der Waals surface area contributed by atoms with E-state index in [1.165, 1.54) is 13.8 Å². The second kappa shape index (κ2) is 21.8. The molecule has 0 saturated carbocycles. The number of carboxylic acid groups (broad SMARTS) is 2. The number of ketones is 2. The summed E-state index contributed by atoms with van der Waals surface area (Å²) in [7, 11) is 0. The number of aliphatic hydroxyl groups excluding tert-OH is 2. The van der Waals surface area contributed by atoms with E-state index >= 15 is 0 Å². The van der Waals surface area contributed by atoms with Crippen molar-refractivity contribution >= 4 is 23.5 Å². The third-order valence-electron chi connectivity index (χ3n) is 3.02. The normalized spacial score (nSPS) is 12.3. The summed E-state index contributed by atoms with van der Waals surface area (Å²) in [6, 6.07) is 0. The quantitative estimate of drug-likeness (QED) is 0.255. The molecule has 0 aliphatic rings. The Balaban J connectivity index is -0.000000128. The third-order valence-corrected chi connectivity index (χ3v) is 3.02. The van der Waals surface area contributed by atoms with Crippen LogP contribution in [0.5, 0.6) is 0 Å². The molecule has 2 atom stereocenters. The second-order valence-electron chi connectivity index (χ2n) is 7.22. The van der Waals surface area contributed by atoms with Crippen LogP contribution in [0.15, 0.2) is 0 Å². The van der Waals surface area contributed by atoms with Crippen molar-refractivity contribution in [2.75, 3.05) is 0 Å². The van der Waals surface area contributed by atoms with E-state index in [0.29, 0.717) is 0 Å². The molecule has 0 amide bonds. The minimum absolute atomic E-state index is 0. The Morgan fingerprint density at radius 3 is 0.914 bits per heavy atom. The molecule has 8 nitrogen and oxygen atoms in total. The molecular weight excluding hydrogens is 530 g/mol. The third kappa shape index (κ3) is 32.5. The van der Waals surface area contributed by atoms with Gasteiger partial charge < -0.3 is 30.0 Å². The van der Waals surface area contributed by atoms with E-state index in [1.54, 1.807) is 27.7 Å². The minimum atomic E-state index is -4.67. The van der Waals surface area contributed by atoms with Gasteiger partial charge in [0.25, 0.3) is 0 Å². The Bertz CT molecular complexity index is 550. The Morgan fingerprint density at radius 1 is 0.657 bits per heavy atom. The van der Waals surface area contributed by atoms with E-state index in [9.17, 15) is 55.7 Å². The molecule has 0 aromatic rings. The number of hydrogen-bond acceptors (Lipinski definition) is 8. The van der Waals surface area contributed by atoms with Gasteiger partial charge in [0, 0.05) is 58.7 Å². The Hall–Kier alpha value is -1.51. The molecule has 0 spiro atoms. The van der Waals surface area contributed by atoms with Gasteiger partial charge in [-0.05, 0) is 40.5 Å². The summed E-state index contributed by atoms with van der Waals surface area (Å²) in [5.74, 6) is -10.7. The van der Waals surface area contributed by atoms with Crippen LogP contribution >= 0.6 is 0 Å². The zero-order valence-corrected chi connectivity index (χ0v) is 21.8. The summed E-state index contributed by atoms with van der Waals surface area (Å²) in [4.78, 5) is 41.1. The number of aliphatic carboxylic acids is 2. The molecule has 0 bridgehead atoms. The number of aliphatic hydroxyl groups is 2. The summed E-state index contributed by atoms with van der Waals surface area (Å²) in [6.07, 6.45) is -12.9. The van der Waals surface area contributed by atoms with Crippen LogP contribution in [0, 0.1) is 11.8 Å². The largest absolute Gasteiger partial charge is 0.550 e. The van der Waals surface area contributed by atoms with Crippen molar-refractivity contribution < 1.29 is 87.7 Å². The van der Waals surface area contributed by atoms with Gasteiger partial charge in [0.05, 0.1) is 0 Å². The minimum Gasteiger partial charge on any atom is -0.550 e. The average Bonchev–Trinajstić information content (AvgIpc) is 2.51. The van der Waals surface area contributed by atoms with Crippen LogP contribution in [0.2, 0.25) is 0 Å². The summed E-state index contributed by atoms with van der Waals surface area (Å²) < 4.78 is 71.9. The van der Waals surface area contributed by atoms with Crippen LogP contribution in [-0.2, 0) is 40.9 Å². The van der Waals surface area contributed by atoms with Crippen molar-refractivity contribution in [1.29, 1.82) is 0 Å². The summed E-state index contributed by atoms with van der Waals surface area (Å²) in [5, 5.41) is 35.8. The molecule has 0 saturated heterocycles. The van der Waals surface area contributed by atoms with Crippen molar-refractivity contribution in [3.8, 4) is 0 Å². The van der Waals surface area contributed by atoms with Gasteiger partial charge in [0.15, 0.2) is 11.6 Å². The van der Waals surface area contributed by atoms with Crippen molar-refractivity contribution in [3.63, 3.8) is 0 Å². The van der Waals surface area contributed by atoms with Crippen LogP contribution in [-0.4, -0.2) is 58.3 Å². The van der Waals surface area contributed by atoms with Gasteiger partial charge in [0.2, 0.25) is 0 Å². The Kier molecular flexibility index (Phi) is 27.1. The molecule has 0 aliphatic carbocycles. The molecule has 0 heterocycles. The monoisotopic (exact) mass is 562 g/mol. The second-order valence-corrected chi connectivity index (χ2v) is 7.22. The number of rotatable bonds is 8. The topological polar surface area (TPSA) is 155 Å². The fraction of sp³-hybridized carbons (Fsp3) is 0.800. The first kappa shape index (κ1) is 43.6. The van der Waals surface area contributed by atoms with Crippen molar-refractivity contribution in [2.45, 2.75) is 91.8 Å². The molecule has 0 aromatic heterocycles. The summed E-state index contributed by atoms with van der Waals surface area (Å²) in [6.45, 7) is 9.23. The number of carboxylic acids is 2. The van der Waals surface area contributed by atoms with Gasteiger partial charge in [-0.1, -0.05) is 13.8 Å². The number of Topliss-reactive ketones (excluding diaryl/α,β-unsaturated/α-hetero) is 2. The number of carbonyl (C=O) groups excluding carboxylic acids is 4. The molecular formula is C20H32F6O8Ti-2. The molecule has 15 heteroatoms. The zero-order valence-electron chi connectivity index (χ0n) is 20.2. The molecule has 0 radical (unpaired) electrons. The van der Waals surface area contributed by atoms with Crippen LogP contribution in [0.1, 0.15) is 67.2 Å². The van der Waals surface area contributed by atoms with Crippen LogP contribution in [0.4, 0.5) is 26.3 Å². The fourth-order valence-corrected chi connectivity index (χ4v) is 1.81. The van der Waals surface area contributed by atoms with Gasteiger partial charge in [-0.15, -0.1) is 0 Å². The van der Waals surface area contributed by atoms with Gasteiger partial charge >= 0.3 is 12.4 Å². The van der Waals surface area contributed by atoms with Crippen LogP contribution in [0.25, 0.3) is 0 Å². The first-order valence-corrected chi connectivity index (χ1v) is 9.98. The van der Waals surface area contributed by atoms with E-state index in [4.69, 9.17) is 10.2 Å². The number of hydrogen-bond donors (Lipinski definition) is 2. The average molecular weight is 562 g/mol. The smallest absolute Gasteiger partial charge is 0.398 e. The van der Waals surface area contributed by atoms with Crippen molar-refractivity contribution in [3.05, 3.63) is 0 Å². The fourth-order valence-electron chi connectivity index (χ4n) is 1.81. The molecule has 0 aromatic carbocycles. The Morgan fingerprint density at radius 2 is 0.829 bits per heavy atom. The molecule has 0 rings (SSSR count). The molecule has 2 N–H and O–H groups in total. The number of halogens is 6.